The third-order valence-electron chi connectivity index (χ3n) is 6.50. The molecule has 2 aliphatic heterocycles. The molecule has 33 heavy (non-hydrogen) atoms. The number of carbonyl (C=O) groups excluding carboxylic acids is 1. The summed E-state index contributed by atoms with van der Waals surface area (Å²) in [7, 11) is 0. The number of phenolic OH excluding ortho intramolecular Hbond substituents is 1. The molecule has 1 amide bonds. The third-order valence-corrected chi connectivity index (χ3v) is 7.50. The van der Waals surface area contributed by atoms with E-state index in [1.165, 1.54) is 15.4 Å². The summed E-state index contributed by atoms with van der Waals surface area (Å²) in [5.74, 6) is 0.332. The van der Waals surface area contributed by atoms with Gasteiger partial charge >= 0.3 is 0 Å². The van der Waals surface area contributed by atoms with Crippen LogP contribution < -0.4 is 16.0 Å². The van der Waals surface area contributed by atoms with Crippen molar-refractivity contribution in [3.05, 3.63) is 82.9 Å². The average Bonchev–Trinajstić information content (AvgIpc) is 3.03. The third kappa shape index (κ3) is 4.87. The molecular formula is C27H29N3O2S. The first kappa shape index (κ1) is 21.9. The Balaban J connectivity index is 1.33. The Morgan fingerprint density at radius 2 is 1.91 bits per heavy atom. The van der Waals surface area contributed by atoms with Crippen molar-refractivity contribution >= 4 is 23.4 Å². The minimum Gasteiger partial charge on any atom is -0.508 e. The van der Waals surface area contributed by atoms with Gasteiger partial charge in [0.1, 0.15) is 5.75 Å². The van der Waals surface area contributed by atoms with Gasteiger partial charge in [0.2, 0.25) is 5.91 Å². The molecule has 0 radical (unpaired) electrons. The molecule has 0 saturated heterocycles. The number of aromatic hydroxyl groups is 1. The van der Waals surface area contributed by atoms with E-state index in [1.54, 1.807) is 17.8 Å². The van der Waals surface area contributed by atoms with Gasteiger partial charge < -0.3 is 21.1 Å². The predicted molar refractivity (Wildman–Crippen MR) is 133 cm³/mol. The maximum absolute atomic E-state index is 13.3. The van der Waals surface area contributed by atoms with Crippen LogP contribution in [-0.2, 0) is 17.6 Å². The van der Waals surface area contributed by atoms with Crippen molar-refractivity contribution in [3.63, 3.8) is 0 Å². The number of hydrogen-bond acceptors (Lipinski definition) is 5. The van der Waals surface area contributed by atoms with Crippen molar-refractivity contribution in [1.29, 1.82) is 0 Å². The van der Waals surface area contributed by atoms with E-state index < -0.39 is 0 Å². The summed E-state index contributed by atoms with van der Waals surface area (Å²) in [6.45, 7) is 3.56. The smallest absolute Gasteiger partial charge is 0.237 e. The van der Waals surface area contributed by atoms with Crippen LogP contribution in [0, 0.1) is 6.92 Å². The molecule has 0 spiro atoms. The fourth-order valence-electron chi connectivity index (χ4n) is 4.83. The highest BCUT2D eigenvalue weighted by Gasteiger charge is 2.28. The van der Waals surface area contributed by atoms with E-state index in [0.29, 0.717) is 18.7 Å². The number of rotatable bonds is 4. The van der Waals surface area contributed by atoms with Crippen molar-refractivity contribution in [2.45, 2.75) is 48.1 Å². The maximum atomic E-state index is 13.3. The Bertz CT molecular complexity index is 1170. The van der Waals surface area contributed by atoms with Crippen LogP contribution in [0.4, 0.5) is 5.69 Å². The van der Waals surface area contributed by atoms with Gasteiger partial charge in [0.15, 0.2) is 0 Å². The molecule has 2 heterocycles. The molecule has 170 valence electrons. The predicted octanol–water partition coefficient (Wildman–Crippen LogP) is 4.58. The van der Waals surface area contributed by atoms with E-state index in [0.717, 1.165) is 41.8 Å². The van der Waals surface area contributed by atoms with Crippen molar-refractivity contribution in [2.75, 3.05) is 18.4 Å². The first-order valence-corrected chi connectivity index (χ1v) is 12.3. The van der Waals surface area contributed by atoms with Crippen molar-refractivity contribution in [2.24, 2.45) is 0 Å². The largest absolute Gasteiger partial charge is 0.508 e. The highest BCUT2D eigenvalue weighted by molar-refractivity contribution is 7.99. The van der Waals surface area contributed by atoms with Gasteiger partial charge in [0, 0.05) is 22.0 Å². The van der Waals surface area contributed by atoms with Crippen LogP contribution in [-0.4, -0.2) is 30.1 Å². The van der Waals surface area contributed by atoms with Crippen molar-refractivity contribution in [1.82, 2.24) is 10.6 Å². The zero-order valence-corrected chi connectivity index (χ0v) is 19.5. The topological polar surface area (TPSA) is 73.4 Å². The lowest BCUT2D eigenvalue weighted by Crippen LogP contribution is -2.47. The Labute approximate surface area is 199 Å². The molecular weight excluding hydrogens is 430 g/mol. The van der Waals surface area contributed by atoms with Crippen molar-refractivity contribution < 1.29 is 9.90 Å². The quantitative estimate of drug-likeness (QED) is 0.460. The highest BCUT2D eigenvalue weighted by Crippen LogP contribution is 2.36. The van der Waals surface area contributed by atoms with Crippen LogP contribution in [0.1, 0.15) is 34.7 Å². The van der Waals surface area contributed by atoms with Gasteiger partial charge in [0.25, 0.3) is 0 Å². The van der Waals surface area contributed by atoms with E-state index in [9.17, 15) is 9.90 Å². The van der Waals surface area contributed by atoms with E-state index in [-0.39, 0.29) is 18.0 Å². The van der Waals surface area contributed by atoms with Gasteiger partial charge in [-0.2, -0.15) is 0 Å². The molecule has 0 aromatic heterocycles. The fraction of sp³-hybridized carbons (Fsp3) is 0.296. The Hall–Kier alpha value is -2.96. The summed E-state index contributed by atoms with van der Waals surface area (Å²) in [5, 5.41) is 20.2. The molecule has 0 saturated carbocycles. The summed E-state index contributed by atoms with van der Waals surface area (Å²) in [6, 6.07) is 20.1. The summed E-state index contributed by atoms with van der Waals surface area (Å²) >= 11 is 1.73. The second kappa shape index (κ2) is 9.49. The zero-order valence-electron chi connectivity index (χ0n) is 18.7. The molecule has 3 aromatic rings. The second-order valence-electron chi connectivity index (χ2n) is 8.80. The first-order valence-electron chi connectivity index (χ1n) is 11.5. The molecule has 0 bridgehead atoms. The Morgan fingerprint density at radius 3 is 2.76 bits per heavy atom. The highest BCUT2D eigenvalue weighted by atomic mass is 32.2. The number of anilines is 1. The van der Waals surface area contributed by atoms with Crippen LogP contribution in [0.3, 0.4) is 0 Å². The number of hydrogen-bond donors (Lipinski definition) is 4. The number of benzene rings is 3. The first-order chi connectivity index (χ1) is 16.1. The molecule has 6 heteroatoms. The van der Waals surface area contributed by atoms with Crippen LogP contribution in [0.15, 0.2) is 70.5 Å². The SMILES string of the molecule is Cc1cc(O)cc2c1CC(C(=O)NC1CCNc3ccc(Sc4ccccc4)cc31)NCC2. The van der Waals surface area contributed by atoms with E-state index in [1.807, 2.05) is 31.2 Å². The number of nitrogens with one attached hydrogen (secondary N) is 3. The zero-order chi connectivity index (χ0) is 22.8. The summed E-state index contributed by atoms with van der Waals surface area (Å²) in [4.78, 5) is 15.7. The lowest BCUT2D eigenvalue weighted by atomic mass is 9.94. The van der Waals surface area contributed by atoms with E-state index >= 15 is 0 Å². The van der Waals surface area contributed by atoms with Crippen molar-refractivity contribution in [3.8, 4) is 5.75 Å². The number of aryl methyl sites for hydroxylation is 1. The average molecular weight is 460 g/mol. The lowest BCUT2D eigenvalue weighted by molar-refractivity contribution is -0.123. The second-order valence-corrected chi connectivity index (χ2v) is 9.95. The Morgan fingerprint density at radius 1 is 1.06 bits per heavy atom. The van der Waals surface area contributed by atoms with Gasteiger partial charge in [-0.05, 0) is 97.4 Å². The number of phenols is 1. The van der Waals surface area contributed by atoms with Crippen LogP contribution >= 0.6 is 11.8 Å². The molecule has 0 aliphatic carbocycles. The van der Waals surface area contributed by atoms with Gasteiger partial charge in [-0.3, -0.25) is 4.79 Å². The molecule has 5 rings (SSSR count). The Kier molecular flexibility index (Phi) is 6.29. The summed E-state index contributed by atoms with van der Waals surface area (Å²) < 4.78 is 0. The lowest BCUT2D eigenvalue weighted by Gasteiger charge is -2.29. The standard InChI is InChI=1S/C27H29N3O2S/c1-17-13-19(31)14-18-9-11-29-26(16-22(17)18)27(32)30-25-10-12-28-24-8-7-21(15-23(24)25)33-20-5-3-2-4-6-20/h2-8,13-15,25-26,28-29,31H,9-12,16H2,1H3,(H,30,32). The molecule has 5 nitrogen and oxygen atoms in total. The van der Waals surface area contributed by atoms with Crippen LogP contribution in [0.2, 0.25) is 0 Å². The molecule has 2 unspecified atom stereocenters. The molecule has 3 aromatic carbocycles. The summed E-state index contributed by atoms with van der Waals surface area (Å²) in [5.41, 5.74) is 5.58. The molecule has 4 N–H and O–H groups in total. The van der Waals surface area contributed by atoms with Crippen LogP contribution in [0.25, 0.3) is 0 Å². The fourth-order valence-corrected chi connectivity index (χ4v) is 5.72. The summed E-state index contributed by atoms with van der Waals surface area (Å²) in [6.07, 6.45) is 2.30. The van der Waals surface area contributed by atoms with Gasteiger partial charge in [-0.15, -0.1) is 0 Å². The van der Waals surface area contributed by atoms with Gasteiger partial charge in [-0.25, -0.2) is 0 Å². The van der Waals surface area contributed by atoms with Gasteiger partial charge in [0.05, 0.1) is 12.1 Å². The van der Waals surface area contributed by atoms with Crippen LogP contribution in [0.5, 0.6) is 5.75 Å². The van der Waals surface area contributed by atoms with Gasteiger partial charge in [-0.1, -0.05) is 30.0 Å². The number of amides is 1. The maximum Gasteiger partial charge on any atom is 0.237 e. The molecule has 0 fully saturated rings. The normalized spacial score (nSPS) is 19.5. The molecule has 2 aliphatic rings. The number of carbonyl (C=O) groups is 1. The monoisotopic (exact) mass is 459 g/mol. The number of fused-ring (bicyclic) bond motifs is 2. The minimum atomic E-state index is -0.283. The minimum absolute atomic E-state index is 0.0180. The van der Waals surface area contributed by atoms with E-state index in [4.69, 9.17) is 0 Å². The van der Waals surface area contributed by atoms with E-state index in [2.05, 4.69) is 46.3 Å². The molecule has 2 atom stereocenters.